The van der Waals surface area contributed by atoms with E-state index in [4.69, 9.17) is 0 Å². The van der Waals surface area contributed by atoms with Crippen LogP contribution in [0.4, 0.5) is 34.1 Å². The molecular formula is C53H50N2. The molecule has 2 bridgehead atoms. The van der Waals surface area contributed by atoms with Crippen molar-refractivity contribution in [2.24, 2.45) is 17.8 Å². The third kappa shape index (κ3) is 8.01. The third-order valence-electron chi connectivity index (χ3n) is 12.1. The largest absolute Gasteiger partial charge is 0.311 e. The fraction of sp³-hybridized carbons (Fsp3) is 0.208. The number of fused-ring (bicyclic) bond motifs is 2. The molecule has 7 aromatic rings. The van der Waals surface area contributed by atoms with Crippen molar-refractivity contribution < 1.29 is 0 Å². The van der Waals surface area contributed by atoms with Gasteiger partial charge < -0.3 is 9.80 Å². The second-order valence-electron chi connectivity index (χ2n) is 15.8. The van der Waals surface area contributed by atoms with E-state index in [9.17, 15) is 0 Å². The highest BCUT2D eigenvalue weighted by atomic mass is 15.1. The zero-order valence-electron chi connectivity index (χ0n) is 31.7. The van der Waals surface area contributed by atoms with Crippen LogP contribution in [0.3, 0.4) is 0 Å². The van der Waals surface area contributed by atoms with E-state index in [1.54, 1.807) is 0 Å². The molecule has 2 saturated carbocycles. The van der Waals surface area contributed by atoms with Crippen molar-refractivity contribution in [1.29, 1.82) is 0 Å². The van der Waals surface area contributed by atoms with Crippen molar-refractivity contribution in [1.82, 2.24) is 0 Å². The standard InChI is InChI=1S/C53H50N2/c1-4-14-44(15-5-1)47-16-11-21-53(39-47)55(50-30-24-40(25-31-50)22-23-43-37-41-12-10-13-42(36-41)38-43)52-34-28-46(29-35-52)45-26-32-51(33-27-45)54(48-17-6-2-7-18-48)49-19-8-3-9-20-49/h1-9,11,14-21,24-35,39,41-43H,10,12-13,22-23,36-38H2. The Morgan fingerprint density at radius 1 is 0.364 bits per heavy atom. The Morgan fingerprint density at radius 2 is 0.782 bits per heavy atom. The van der Waals surface area contributed by atoms with Gasteiger partial charge in [-0.2, -0.15) is 0 Å². The Labute approximate surface area is 327 Å². The molecule has 2 unspecified atom stereocenters. The first kappa shape index (κ1) is 34.9. The number of hydrogen-bond acceptors (Lipinski definition) is 2. The highest BCUT2D eigenvalue weighted by Crippen LogP contribution is 2.44. The van der Waals surface area contributed by atoms with Crippen molar-refractivity contribution in [3.05, 3.63) is 194 Å². The van der Waals surface area contributed by atoms with Gasteiger partial charge in [0.05, 0.1) is 0 Å². The smallest absolute Gasteiger partial charge is 0.0467 e. The Balaban J connectivity index is 0.985. The van der Waals surface area contributed by atoms with Crippen LogP contribution >= 0.6 is 0 Å². The lowest BCUT2D eigenvalue weighted by atomic mass is 9.67. The maximum Gasteiger partial charge on any atom is 0.0467 e. The maximum atomic E-state index is 2.41. The van der Waals surface area contributed by atoms with E-state index in [2.05, 4.69) is 198 Å². The first-order valence-corrected chi connectivity index (χ1v) is 20.4. The number of aryl methyl sites for hydroxylation is 1. The summed E-state index contributed by atoms with van der Waals surface area (Å²) < 4.78 is 0. The molecule has 0 amide bonds. The van der Waals surface area contributed by atoms with Gasteiger partial charge in [0.1, 0.15) is 0 Å². The minimum Gasteiger partial charge on any atom is -0.311 e. The fourth-order valence-corrected chi connectivity index (χ4v) is 9.40. The Morgan fingerprint density at radius 3 is 1.33 bits per heavy atom. The van der Waals surface area contributed by atoms with Crippen LogP contribution in [0.2, 0.25) is 0 Å². The van der Waals surface area contributed by atoms with Gasteiger partial charge in [-0.3, -0.25) is 0 Å². The van der Waals surface area contributed by atoms with E-state index in [1.807, 2.05) is 0 Å². The van der Waals surface area contributed by atoms with Gasteiger partial charge in [0.2, 0.25) is 0 Å². The Hall–Kier alpha value is -5.86. The molecule has 55 heavy (non-hydrogen) atoms. The van der Waals surface area contributed by atoms with Crippen LogP contribution in [0.15, 0.2) is 188 Å². The molecule has 0 N–H and O–H groups in total. The van der Waals surface area contributed by atoms with Crippen molar-refractivity contribution >= 4 is 34.1 Å². The highest BCUT2D eigenvalue weighted by Gasteiger charge is 2.31. The van der Waals surface area contributed by atoms with E-state index in [0.29, 0.717) is 0 Å². The Bertz CT molecular complexity index is 2210. The van der Waals surface area contributed by atoms with Gasteiger partial charge >= 0.3 is 0 Å². The van der Waals surface area contributed by atoms with Crippen LogP contribution in [0.5, 0.6) is 0 Å². The van der Waals surface area contributed by atoms with Crippen molar-refractivity contribution in [3.8, 4) is 22.3 Å². The minimum atomic E-state index is 0.905. The average Bonchev–Trinajstić information content (AvgIpc) is 3.25. The zero-order valence-corrected chi connectivity index (χ0v) is 31.7. The van der Waals surface area contributed by atoms with E-state index in [1.165, 1.54) is 84.9 Å². The molecular weight excluding hydrogens is 665 g/mol. The number of benzene rings is 7. The van der Waals surface area contributed by atoms with E-state index < -0.39 is 0 Å². The molecule has 7 aromatic carbocycles. The van der Waals surface area contributed by atoms with Crippen LogP contribution in [-0.4, -0.2) is 0 Å². The van der Waals surface area contributed by atoms with Crippen LogP contribution in [0.1, 0.15) is 50.5 Å². The Kier molecular flexibility index (Phi) is 10.3. The van der Waals surface area contributed by atoms with Gasteiger partial charge in [-0.1, -0.05) is 135 Å². The second kappa shape index (κ2) is 16.2. The molecule has 2 aliphatic rings. The van der Waals surface area contributed by atoms with E-state index in [0.717, 1.165) is 46.2 Å². The molecule has 0 aliphatic heterocycles. The molecule has 0 saturated heterocycles. The van der Waals surface area contributed by atoms with Gasteiger partial charge in [0, 0.05) is 34.1 Å². The first-order chi connectivity index (χ1) is 27.2. The molecule has 2 heteroatoms. The maximum absolute atomic E-state index is 2.41. The third-order valence-corrected chi connectivity index (χ3v) is 12.1. The number of anilines is 6. The molecule has 0 radical (unpaired) electrons. The molecule has 2 nitrogen and oxygen atoms in total. The van der Waals surface area contributed by atoms with Crippen molar-refractivity contribution in [2.45, 2.75) is 51.4 Å². The summed E-state index contributed by atoms with van der Waals surface area (Å²) in [4.78, 5) is 4.71. The number of para-hydroxylation sites is 2. The van der Waals surface area contributed by atoms with Gasteiger partial charge in [0.15, 0.2) is 0 Å². The van der Waals surface area contributed by atoms with Crippen LogP contribution in [-0.2, 0) is 6.42 Å². The fourth-order valence-electron chi connectivity index (χ4n) is 9.40. The zero-order chi connectivity index (χ0) is 36.8. The number of hydrogen-bond donors (Lipinski definition) is 0. The van der Waals surface area contributed by atoms with Crippen LogP contribution in [0.25, 0.3) is 22.3 Å². The van der Waals surface area contributed by atoms with Crippen molar-refractivity contribution in [2.75, 3.05) is 9.80 Å². The molecule has 0 spiro atoms. The molecule has 0 heterocycles. The van der Waals surface area contributed by atoms with Gasteiger partial charge in [0.25, 0.3) is 0 Å². The summed E-state index contributed by atoms with van der Waals surface area (Å²) in [5, 5.41) is 0. The molecule has 2 aliphatic carbocycles. The summed E-state index contributed by atoms with van der Waals surface area (Å²) >= 11 is 0. The number of rotatable bonds is 11. The second-order valence-corrected chi connectivity index (χ2v) is 15.8. The lowest BCUT2D eigenvalue weighted by Crippen LogP contribution is -2.27. The predicted molar refractivity (Wildman–Crippen MR) is 233 cm³/mol. The lowest BCUT2D eigenvalue weighted by Gasteiger charge is -2.39. The highest BCUT2D eigenvalue weighted by molar-refractivity contribution is 5.82. The lowest BCUT2D eigenvalue weighted by molar-refractivity contribution is 0.132. The normalized spacial score (nSPS) is 17.7. The van der Waals surface area contributed by atoms with Gasteiger partial charge in [-0.15, -0.1) is 0 Å². The summed E-state index contributed by atoms with van der Waals surface area (Å²) in [5.41, 5.74) is 13.2. The molecule has 272 valence electrons. The van der Waals surface area contributed by atoms with Crippen LogP contribution < -0.4 is 9.80 Å². The monoisotopic (exact) mass is 714 g/mol. The van der Waals surface area contributed by atoms with Crippen molar-refractivity contribution in [3.63, 3.8) is 0 Å². The molecule has 2 atom stereocenters. The SMILES string of the molecule is c1ccc(-c2cccc(N(c3ccc(CCC4CC5CCCC(C5)C4)cc3)c3ccc(-c4ccc(N(c5ccccc5)c5ccccc5)cc4)cc3)c2)cc1. The minimum absolute atomic E-state index is 0.905. The topological polar surface area (TPSA) is 6.48 Å². The quantitative estimate of drug-likeness (QED) is 0.132. The summed E-state index contributed by atoms with van der Waals surface area (Å²) in [5.74, 6) is 2.90. The molecule has 9 rings (SSSR count). The van der Waals surface area contributed by atoms with Gasteiger partial charge in [-0.05, 0) is 150 Å². The number of nitrogens with zero attached hydrogens (tertiary/aromatic N) is 2. The summed E-state index contributed by atoms with van der Waals surface area (Å²) in [6, 6.07) is 68.2. The molecule has 2 fully saturated rings. The van der Waals surface area contributed by atoms with E-state index >= 15 is 0 Å². The summed E-state index contributed by atoms with van der Waals surface area (Å²) in [7, 11) is 0. The van der Waals surface area contributed by atoms with E-state index in [-0.39, 0.29) is 0 Å². The molecule has 0 aromatic heterocycles. The summed E-state index contributed by atoms with van der Waals surface area (Å²) in [6.07, 6.45) is 11.3. The predicted octanol–water partition coefficient (Wildman–Crippen LogP) is 15.1. The van der Waals surface area contributed by atoms with Crippen LogP contribution in [0, 0.1) is 17.8 Å². The summed E-state index contributed by atoms with van der Waals surface area (Å²) in [6.45, 7) is 0. The van der Waals surface area contributed by atoms with Gasteiger partial charge in [-0.25, -0.2) is 0 Å². The first-order valence-electron chi connectivity index (χ1n) is 20.4. The average molecular weight is 715 g/mol.